The van der Waals surface area contributed by atoms with E-state index in [2.05, 4.69) is 20.9 Å². The Morgan fingerprint density at radius 2 is 2.06 bits per heavy atom. The van der Waals surface area contributed by atoms with E-state index < -0.39 is 17.3 Å². The third-order valence-corrected chi connectivity index (χ3v) is 2.96. The van der Waals surface area contributed by atoms with E-state index in [1.54, 1.807) is 6.07 Å². The molecule has 18 heavy (non-hydrogen) atoms. The van der Waals surface area contributed by atoms with Crippen molar-refractivity contribution in [3.63, 3.8) is 0 Å². The Hall–Kier alpha value is -1.95. The first kappa shape index (κ1) is 12.5. The molecular weight excluding hydrogens is 305 g/mol. The van der Waals surface area contributed by atoms with Gasteiger partial charge in [-0.3, -0.25) is 4.79 Å². The van der Waals surface area contributed by atoms with Gasteiger partial charge in [0, 0.05) is 10.0 Å². The number of carboxylic acid groups (broad SMARTS) is 1. The van der Waals surface area contributed by atoms with Gasteiger partial charge in [0.15, 0.2) is 0 Å². The first-order valence-corrected chi connectivity index (χ1v) is 5.70. The van der Waals surface area contributed by atoms with E-state index in [-0.39, 0.29) is 5.56 Å². The standard InChI is InChI=1S/C12H7BrFNO3/c13-9-5-8(12(17)18)11(16)15-10(9)6-2-1-3-7(14)4-6/h1-5H,(H,15,16)(H,17,18). The van der Waals surface area contributed by atoms with Gasteiger partial charge in [-0.05, 0) is 34.1 Å². The fraction of sp³-hybridized carbons (Fsp3) is 0. The largest absolute Gasteiger partial charge is 0.477 e. The number of pyridine rings is 1. The number of hydrogen-bond donors (Lipinski definition) is 2. The van der Waals surface area contributed by atoms with Gasteiger partial charge in [-0.1, -0.05) is 12.1 Å². The van der Waals surface area contributed by atoms with E-state index in [0.717, 1.165) is 0 Å². The Kier molecular flexibility index (Phi) is 3.29. The molecule has 0 aliphatic carbocycles. The average molecular weight is 312 g/mol. The van der Waals surface area contributed by atoms with Gasteiger partial charge in [0.1, 0.15) is 11.4 Å². The smallest absolute Gasteiger partial charge is 0.341 e. The highest BCUT2D eigenvalue weighted by atomic mass is 79.9. The fourth-order valence-corrected chi connectivity index (χ4v) is 2.07. The molecule has 2 aromatic rings. The monoisotopic (exact) mass is 311 g/mol. The summed E-state index contributed by atoms with van der Waals surface area (Å²) in [7, 11) is 0. The predicted molar refractivity (Wildman–Crippen MR) is 67.1 cm³/mol. The predicted octanol–water partition coefficient (Wildman–Crippen LogP) is 2.64. The number of carbonyl (C=O) groups is 1. The molecule has 2 N–H and O–H groups in total. The number of H-pyrrole nitrogens is 1. The van der Waals surface area contributed by atoms with Crippen LogP contribution in [0.5, 0.6) is 0 Å². The Morgan fingerprint density at radius 3 is 2.67 bits per heavy atom. The first-order chi connectivity index (χ1) is 8.49. The molecule has 0 saturated carbocycles. The number of nitrogens with one attached hydrogen (secondary N) is 1. The molecule has 0 saturated heterocycles. The molecule has 0 fully saturated rings. The zero-order chi connectivity index (χ0) is 13.3. The topological polar surface area (TPSA) is 70.2 Å². The molecule has 92 valence electrons. The number of benzene rings is 1. The third kappa shape index (κ3) is 2.33. The van der Waals surface area contributed by atoms with Crippen molar-refractivity contribution < 1.29 is 14.3 Å². The number of aromatic nitrogens is 1. The quantitative estimate of drug-likeness (QED) is 0.895. The molecule has 0 unspecified atom stereocenters. The highest BCUT2D eigenvalue weighted by molar-refractivity contribution is 9.10. The molecule has 0 radical (unpaired) electrons. The van der Waals surface area contributed by atoms with Gasteiger partial charge in [0.25, 0.3) is 5.56 Å². The van der Waals surface area contributed by atoms with Crippen LogP contribution in [0, 0.1) is 5.82 Å². The summed E-state index contributed by atoms with van der Waals surface area (Å²) >= 11 is 3.15. The normalized spacial score (nSPS) is 10.3. The molecule has 6 heteroatoms. The second-order valence-corrected chi connectivity index (χ2v) is 4.40. The lowest BCUT2D eigenvalue weighted by Gasteiger charge is -2.05. The van der Waals surface area contributed by atoms with Crippen molar-refractivity contribution in [3.05, 3.63) is 56.5 Å². The molecule has 1 aromatic carbocycles. The molecule has 1 heterocycles. The minimum atomic E-state index is -1.32. The number of carboxylic acids is 1. The van der Waals surface area contributed by atoms with Crippen LogP contribution in [-0.4, -0.2) is 16.1 Å². The summed E-state index contributed by atoms with van der Waals surface area (Å²) < 4.78 is 13.5. The molecular formula is C12H7BrFNO3. The maximum absolute atomic E-state index is 13.1. The van der Waals surface area contributed by atoms with E-state index in [4.69, 9.17) is 5.11 Å². The van der Waals surface area contributed by atoms with Crippen LogP contribution in [0.1, 0.15) is 10.4 Å². The summed E-state index contributed by atoms with van der Waals surface area (Å²) in [6, 6.07) is 6.83. The van der Waals surface area contributed by atoms with Crippen LogP contribution in [-0.2, 0) is 0 Å². The van der Waals surface area contributed by atoms with Crippen LogP contribution in [0.4, 0.5) is 4.39 Å². The van der Waals surface area contributed by atoms with Gasteiger partial charge < -0.3 is 10.1 Å². The highest BCUT2D eigenvalue weighted by Crippen LogP contribution is 2.25. The van der Waals surface area contributed by atoms with E-state index in [1.807, 2.05) is 0 Å². The highest BCUT2D eigenvalue weighted by Gasteiger charge is 2.13. The molecule has 1 aromatic heterocycles. The van der Waals surface area contributed by atoms with Gasteiger partial charge in [0.2, 0.25) is 0 Å². The van der Waals surface area contributed by atoms with Crippen molar-refractivity contribution in [1.82, 2.24) is 4.98 Å². The third-order valence-electron chi connectivity index (χ3n) is 2.34. The minimum Gasteiger partial charge on any atom is -0.477 e. The molecule has 0 aliphatic heterocycles. The lowest BCUT2D eigenvalue weighted by atomic mass is 10.1. The van der Waals surface area contributed by atoms with Gasteiger partial charge in [-0.25, -0.2) is 9.18 Å². The van der Waals surface area contributed by atoms with E-state index in [0.29, 0.717) is 15.7 Å². The van der Waals surface area contributed by atoms with Crippen LogP contribution >= 0.6 is 15.9 Å². The Morgan fingerprint density at radius 1 is 1.33 bits per heavy atom. The van der Waals surface area contributed by atoms with Crippen molar-refractivity contribution >= 4 is 21.9 Å². The van der Waals surface area contributed by atoms with Crippen molar-refractivity contribution in [2.75, 3.05) is 0 Å². The Bertz CT molecular complexity index is 681. The van der Waals surface area contributed by atoms with Crippen LogP contribution in [0.2, 0.25) is 0 Å². The van der Waals surface area contributed by atoms with Crippen molar-refractivity contribution in [2.24, 2.45) is 0 Å². The second-order valence-electron chi connectivity index (χ2n) is 3.55. The Balaban J connectivity index is 2.64. The number of aromatic carboxylic acids is 1. The number of hydrogen-bond acceptors (Lipinski definition) is 2. The maximum Gasteiger partial charge on any atom is 0.341 e. The van der Waals surface area contributed by atoms with E-state index in [1.165, 1.54) is 24.3 Å². The molecule has 0 spiro atoms. The zero-order valence-corrected chi connectivity index (χ0v) is 10.5. The van der Waals surface area contributed by atoms with Crippen molar-refractivity contribution in [2.45, 2.75) is 0 Å². The molecule has 4 nitrogen and oxygen atoms in total. The molecule has 2 rings (SSSR count). The number of aromatic amines is 1. The molecule has 0 amide bonds. The number of rotatable bonds is 2. The lowest BCUT2D eigenvalue weighted by Crippen LogP contribution is -2.18. The van der Waals surface area contributed by atoms with Crippen LogP contribution < -0.4 is 5.56 Å². The Labute approximate surface area is 109 Å². The van der Waals surface area contributed by atoms with Gasteiger partial charge in [-0.15, -0.1) is 0 Å². The summed E-state index contributed by atoms with van der Waals surface area (Å²) in [5.41, 5.74) is -0.313. The summed E-state index contributed by atoms with van der Waals surface area (Å²) in [5.74, 6) is -1.76. The summed E-state index contributed by atoms with van der Waals surface area (Å²) in [5, 5.41) is 8.79. The van der Waals surface area contributed by atoms with Gasteiger partial charge >= 0.3 is 5.97 Å². The SMILES string of the molecule is O=C(O)c1cc(Br)c(-c2cccc(F)c2)[nH]c1=O. The summed E-state index contributed by atoms with van der Waals surface area (Å²) in [6.45, 7) is 0. The summed E-state index contributed by atoms with van der Waals surface area (Å²) in [6.07, 6.45) is 0. The second kappa shape index (κ2) is 4.73. The molecule has 0 atom stereocenters. The zero-order valence-electron chi connectivity index (χ0n) is 8.91. The van der Waals surface area contributed by atoms with Crippen molar-refractivity contribution in [1.29, 1.82) is 0 Å². The van der Waals surface area contributed by atoms with Gasteiger partial charge in [-0.2, -0.15) is 0 Å². The maximum atomic E-state index is 13.1. The van der Waals surface area contributed by atoms with Crippen LogP contribution in [0.15, 0.2) is 39.6 Å². The van der Waals surface area contributed by atoms with Crippen LogP contribution in [0.3, 0.4) is 0 Å². The van der Waals surface area contributed by atoms with E-state index >= 15 is 0 Å². The van der Waals surface area contributed by atoms with Gasteiger partial charge in [0.05, 0.1) is 5.69 Å². The molecule has 0 bridgehead atoms. The summed E-state index contributed by atoms with van der Waals surface area (Å²) in [4.78, 5) is 24.7. The number of halogens is 2. The lowest BCUT2D eigenvalue weighted by molar-refractivity contribution is 0.0695. The average Bonchev–Trinajstić information content (AvgIpc) is 2.31. The first-order valence-electron chi connectivity index (χ1n) is 4.91. The molecule has 0 aliphatic rings. The van der Waals surface area contributed by atoms with E-state index in [9.17, 15) is 14.0 Å². The van der Waals surface area contributed by atoms with Crippen LogP contribution in [0.25, 0.3) is 11.3 Å². The van der Waals surface area contributed by atoms with Crippen molar-refractivity contribution in [3.8, 4) is 11.3 Å². The fourth-order valence-electron chi connectivity index (χ4n) is 1.52. The minimum absolute atomic E-state index is 0.338.